The van der Waals surface area contributed by atoms with Gasteiger partial charge in [0, 0.05) is 22.6 Å². The van der Waals surface area contributed by atoms with Gasteiger partial charge in [-0.3, -0.25) is 4.79 Å². The average molecular weight is 477 g/mol. The van der Waals surface area contributed by atoms with Crippen LogP contribution in [0.25, 0.3) is 0 Å². The van der Waals surface area contributed by atoms with Gasteiger partial charge in [0.2, 0.25) is 5.78 Å². The molecule has 6 atom stereocenters. The highest BCUT2D eigenvalue weighted by Crippen LogP contribution is 2.55. The fourth-order valence-electron chi connectivity index (χ4n) is 7.43. The number of hydrogen-bond donors (Lipinski definition) is 0. The first-order valence-electron chi connectivity index (χ1n) is 13.0. The highest BCUT2D eigenvalue weighted by molar-refractivity contribution is 6.13. The molecular formula is C30H36O5. The summed E-state index contributed by atoms with van der Waals surface area (Å²) in [7, 11) is 0. The minimum atomic E-state index is -0.526. The van der Waals surface area contributed by atoms with E-state index < -0.39 is 24.0 Å². The third-order valence-corrected chi connectivity index (χ3v) is 9.67. The van der Waals surface area contributed by atoms with Crippen LogP contribution in [0.15, 0.2) is 58.9 Å². The van der Waals surface area contributed by atoms with Crippen LogP contribution in [-0.4, -0.2) is 23.8 Å². The molecule has 1 heterocycles. The molecule has 0 bridgehead atoms. The Morgan fingerprint density at radius 1 is 1.11 bits per heavy atom. The van der Waals surface area contributed by atoms with E-state index in [-0.39, 0.29) is 28.8 Å². The van der Waals surface area contributed by atoms with Gasteiger partial charge in [0.15, 0.2) is 5.76 Å². The van der Waals surface area contributed by atoms with Crippen molar-refractivity contribution < 1.29 is 23.9 Å². The molecule has 5 rings (SSSR count). The smallest absolute Gasteiger partial charge is 0.339 e. The monoisotopic (exact) mass is 476 g/mol. The molecule has 4 aliphatic carbocycles. The Hall–Kier alpha value is -2.69. The van der Waals surface area contributed by atoms with Gasteiger partial charge in [0.1, 0.15) is 6.10 Å². The Bertz CT molecular complexity index is 1130. The van der Waals surface area contributed by atoms with E-state index >= 15 is 0 Å². The Labute approximate surface area is 208 Å². The lowest BCUT2D eigenvalue weighted by Gasteiger charge is -2.48. The van der Waals surface area contributed by atoms with E-state index in [0.29, 0.717) is 34.6 Å². The highest BCUT2D eigenvalue weighted by Gasteiger charge is 2.52. The second kappa shape index (κ2) is 8.46. The van der Waals surface area contributed by atoms with E-state index in [0.717, 1.165) is 37.7 Å². The molecule has 0 spiro atoms. The van der Waals surface area contributed by atoms with Gasteiger partial charge < -0.3 is 9.47 Å². The molecule has 1 aliphatic heterocycles. The van der Waals surface area contributed by atoms with E-state index in [9.17, 15) is 14.4 Å². The van der Waals surface area contributed by atoms with Crippen molar-refractivity contribution in [3.63, 3.8) is 0 Å². The standard InChI is InChI=1S/C30H36O5/c1-15-8-7-12-30(6)13-11-20(14-22(15)30)17(3)28(32)34-26-19(5)24-23(25(26)31)16(2)9-10-21-18(4)29(33)35-27(21)24/h20-22,24,27H,1,3-4,7-14H2,2,5-6H3/t20-,21-,22+,24-,27-,30-/m0/s1. The van der Waals surface area contributed by atoms with E-state index in [1.54, 1.807) is 0 Å². The maximum atomic E-state index is 13.5. The number of allylic oxidation sites excluding steroid dienone is 3. The molecular weight excluding hydrogens is 440 g/mol. The van der Waals surface area contributed by atoms with Crippen LogP contribution in [0.2, 0.25) is 0 Å². The van der Waals surface area contributed by atoms with Gasteiger partial charge in [-0.05, 0) is 88.0 Å². The maximum absolute atomic E-state index is 13.5. The molecule has 5 aliphatic rings. The van der Waals surface area contributed by atoms with Crippen LogP contribution in [0, 0.1) is 29.1 Å². The Morgan fingerprint density at radius 3 is 2.60 bits per heavy atom. The molecule has 3 fully saturated rings. The fourth-order valence-corrected chi connectivity index (χ4v) is 7.43. The largest absolute Gasteiger partial charge is 0.457 e. The quantitative estimate of drug-likeness (QED) is 0.287. The van der Waals surface area contributed by atoms with Gasteiger partial charge in [-0.15, -0.1) is 0 Å². The number of carbonyl (C=O) groups is 3. The van der Waals surface area contributed by atoms with Gasteiger partial charge in [-0.25, -0.2) is 9.59 Å². The number of hydrogen-bond acceptors (Lipinski definition) is 5. The molecule has 0 radical (unpaired) electrons. The molecule has 0 N–H and O–H groups in total. The van der Waals surface area contributed by atoms with Crippen molar-refractivity contribution >= 4 is 17.7 Å². The minimum absolute atomic E-state index is 0.0303. The summed E-state index contributed by atoms with van der Waals surface area (Å²) in [6.45, 7) is 18.5. The molecule has 5 heteroatoms. The highest BCUT2D eigenvalue weighted by atomic mass is 16.6. The second-order valence-electron chi connectivity index (χ2n) is 11.7. The molecule has 0 aromatic carbocycles. The number of Topliss-reactive ketones (excluding diaryl/α,β-unsaturated/α-hetero) is 1. The zero-order valence-corrected chi connectivity index (χ0v) is 21.2. The fraction of sp³-hybridized carbons (Fsp3) is 0.567. The summed E-state index contributed by atoms with van der Waals surface area (Å²) in [6, 6.07) is 0. The molecule has 186 valence electrons. The number of fused-ring (bicyclic) bond motifs is 4. The van der Waals surface area contributed by atoms with Crippen LogP contribution in [0.3, 0.4) is 0 Å². The predicted molar refractivity (Wildman–Crippen MR) is 133 cm³/mol. The van der Waals surface area contributed by atoms with E-state index in [1.165, 1.54) is 18.4 Å². The van der Waals surface area contributed by atoms with Crippen LogP contribution in [0.4, 0.5) is 0 Å². The lowest BCUT2D eigenvalue weighted by Crippen LogP contribution is -2.39. The van der Waals surface area contributed by atoms with E-state index in [1.807, 2.05) is 13.8 Å². The number of ketones is 1. The van der Waals surface area contributed by atoms with Crippen molar-refractivity contribution in [1.29, 1.82) is 0 Å². The van der Waals surface area contributed by atoms with Crippen LogP contribution < -0.4 is 0 Å². The summed E-state index contributed by atoms with van der Waals surface area (Å²) in [5.74, 6) is -1.21. The van der Waals surface area contributed by atoms with Crippen LogP contribution in [0.5, 0.6) is 0 Å². The summed E-state index contributed by atoms with van der Waals surface area (Å²) in [5, 5.41) is 0. The molecule has 0 aromatic heterocycles. The van der Waals surface area contributed by atoms with Crippen molar-refractivity contribution in [3.05, 3.63) is 58.9 Å². The first kappa shape index (κ1) is 24.0. The summed E-state index contributed by atoms with van der Waals surface area (Å²) in [5.41, 5.74) is 4.68. The van der Waals surface area contributed by atoms with Gasteiger partial charge in [0.25, 0.3) is 0 Å². The zero-order valence-electron chi connectivity index (χ0n) is 21.2. The number of esters is 2. The Balaban J connectivity index is 1.36. The van der Waals surface area contributed by atoms with Gasteiger partial charge in [0.05, 0.1) is 5.92 Å². The van der Waals surface area contributed by atoms with Crippen molar-refractivity contribution in [2.45, 2.75) is 78.2 Å². The summed E-state index contributed by atoms with van der Waals surface area (Å²) < 4.78 is 11.5. The molecule has 1 saturated heterocycles. The van der Waals surface area contributed by atoms with Crippen molar-refractivity contribution in [1.82, 2.24) is 0 Å². The van der Waals surface area contributed by atoms with E-state index in [4.69, 9.17) is 9.47 Å². The van der Waals surface area contributed by atoms with Crippen LogP contribution in [-0.2, 0) is 23.9 Å². The van der Waals surface area contributed by atoms with Crippen molar-refractivity contribution in [2.24, 2.45) is 29.1 Å². The minimum Gasteiger partial charge on any atom is -0.457 e. The van der Waals surface area contributed by atoms with Gasteiger partial charge in [-0.2, -0.15) is 0 Å². The normalized spacial score (nSPS) is 36.9. The van der Waals surface area contributed by atoms with Gasteiger partial charge >= 0.3 is 11.9 Å². The van der Waals surface area contributed by atoms with Crippen LogP contribution in [0.1, 0.15) is 72.1 Å². The molecule has 2 saturated carbocycles. The predicted octanol–water partition coefficient (Wildman–Crippen LogP) is 5.93. The third-order valence-electron chi connectivity index (χ3n) is 9.67. The average Bonchev–Trinajstić information content (AvgIpc) is 3.16. The SMILES string of the molecule is C=C(C(=O)OC1=C(C)[C@H]2C(=C(C)CC[C@H]3C(=C)C(=O)O[C@H]23)C1=O)[C@H]1CC[C@]2(C)CCCC(=C)[C@H]2C1. The topological polar surface area (TPSA) is 69.7 Å². The third kappa shape index (κ3) is 3.70. The lowest BCUT2D eigenvalue weighted by atomic mass is 9.56. The first-order valence-corrected chi connectivity index (χ1v) is 13.0. The number of rotatable bonds is 3. The lowest BCUT2D eigenvalue weighted by molar-refractivity contribution is -0.140. The number of ether oxygens (including phenoxy) is 2. The van der Waals surface area contributed by atoms with Crippen LogP contribution >= 0.6 is 0 Å². The van der Waals surface area contributed by atoms with Crippen molar-refractivity contribution in [2.75, 3.05) is 0 Å². The second-order valence-corrected chi connectivity index (χ2v) is 11.7. The van der Waals surface area contributed by atoms with Gasteiger partial charge in [-0.1, -0.05) is 37.8 Å². The Kier molecular flexibility index (Phi) is 5.81. The molecule has 0 amide bonds. The summed E-state index contributed by atoms with van der Waals surface area (Å²) in [6.07, 6.45) is 7.19. The van der Waals surface area contributed by atoms with E-state index in [2.05, 4.69) is 26.7 Å². The molecule has 0 aromatic rings. The zero-order chi connectivity index (χ0) is 25.2. The Morgan fingerprint density at radius 2 is 1.86 bits per heavy atom. The number of carbonyl (C=O) groups excluding carboxylic acids is 3. The van der Waals surface area contributed by atoms with Crippen molar-refractivity contribution in [3.8, 4) is 0 Å². The molecule has 0 unspecified atom stereocenters. The summed E-state index contributed by atoms with van der Waals surface area (Å²) in [4.78, 5) is 39.0. The molecule has 5 nitrogen and oxygen atoms in total. The molecule has 35 heavy (non-hydrogen) atoms. The summed E-state index contributed by atoms with van der Waals surface area (Å²) >= 11 is 0. The first-order chi connectivity index (χ1) is 16.5. The maximum Gasteiger partial charge on any atom is 0.339 e.